The fraction of sp³-hybridized carbons (Fsp3) is 0. The highest BCUT2D eigenvalue weighted by atomic mass is 16.3. The molecule has 5 aromatic rings. The first kappa shape index (κ1) is 18.4. The number of aromatic hydroxyl groups is 1. The summed E-state index contributed by atoms with van der Waals surface area (Å²) in [4.78, 5) is 15.0. The number of hydrogen-bond donors (Lipinski definition) is 5. The van der Waals surface area contributed by atoms with Crippen molar-refractivity contribution in [3.63, 3.8) is 0 Å². The van der Waals surface area contributed by atoms with Crippen LogP contribution in [0.1, 0.15) is 11.1 Å². The minimum absolute atomic E-state index is 0.0628. The number of benzene rings is 3. The molecule has 0 aliphatic heterocycles. The number of aromatic nitrogens is 4. The summed E-state index contributed by atoms with van der Waals surface area (Å²) in [6.07, 6.45) is 3.04. The van der Waals surface area contributed by atoms with Crippen LogP contribution in [0.5, 0.6) is 5.75 Å². The minimum atomic E-state index is 0.0628. The molecule has 5 N–H and O–H groups in total. The van der Waals surface area contributed by atoms with Gasteiger partial charge in [-0.1, -0.05) is 30.3 Å². The van der Waals surface area contributed by atoms with Crippen LogP contribution >= 0.6 is 0 Å². The van der Waals surface area contributed by atoms with Gasteiger partial charge in [0.1, 0.15) is 5.75 Å². The Morgan fingerprint density at radius 2 is 1.16 bits per heavy atom. The lowest BCUT2D eigenvalue weighted by Gasteiger charge is -2.02. The molecule has 0 aliphatic rings. The van der Waals surface area contributed by atoms with E-state index in [-0.39, 0.29) is 5.75 Å². The van der Waals surface area contributed by atoms with Gasteiger partial charge in [0, 0.05) is 11.1 Å². The maximum absolute atomic E-state index is 10.5. The van der Waals surface area contributed by atoms with Crippen molar-refractivity contribution in [2.75, 3.05) is 10.9 Å². The average molecular weight is 410 g/mol. The normalized spacial score (nSPS) is 11.7. The maximum Gasteiger partial charge on any atom is 0.222 e. The smallest absolute Gasteiger partial charge is 0.222 e. The van der Waals surface area contributed by atoms with E-state index in [4.69, 9.17) is 0 Å². The highest BCUT2D eigenvalue weighted by molar-refractivity contribution is 5.92. The Morgan fingerprint density at radius 3 is 1.65 bits per heavy atom. The van der Waals surface area contributed by atoms with Crippen molar-refractivity contribution in [3.8, 4) is 5.75 Å². The molecule has 0 atom stereocenters. The molecule has 2 heterocycles. The highest BCUT2D eigenvalue weighted by Crippen LogP contribution is 2.20. The van der Waals surface area contributed by atoms with Gasteiger partial charge in [-0.15, -0.1) is 0 Å². The van der Waals surface area contributed by atoms with Crippen LogP contribution < -0.4 is 10.9 Å². The number of aromatic amines is 2. The summed E-state index contributed by atoms with van der Waals surface area (Å²) >= 11 is 0. The first-order valence-electron chi connectivity index (χ1n) is 9.56. The number of hydrazone groups is 2. The summed E-state index contributed by atoms with van der Waals surface area (Å²) < 4.78 is 0. The third kappa shape index (κ3) is 3.92. The van der Waals surface area contributed by atoms with Gasteiger partial charge in [0.25, 0.3) is 0 Å². The first-order chi connectivity index (χ1) is 15.3. The molecule has 31 heavy (non-hydrogen) atoms. The monoisotopic (exact) mass is 410 g/mol. The van der Waals surface area contributed by atoms with Crippen molar-refractivity contribution in [1.82, 2.24) is 19.9 Å². The summed E-state index contributed by atoms with van der Waals surface area (Å²) in [5.41, 5.74) is 10.3. The molecule has 0 fully saturated rings. The van der Waals surface area contributed by atoms with Gasteiger partial charge in [0.05, 0.1) is 34.5 Å². The van der Waals surface area contributed by atoms with E-state index in [0.717, 1.165) is 22.1 Å². The maximum atomic E-state index is 10.5. The molecule has 3 aromatic carbocycles. The van der Waals surface area contributed by atoms with Crippen LogP contribution in [0.3, 0.4) is 0 Å². The summed E-state index contributed by atoms with van der Waals surface area (Å²) in [6.45, 7) is 0. The second kappa shape index (κ2) is 7.99. The quantitative estimate of drug-likeness (QED) is 0.213. The van der Waals surface area contributed by atoms with E-state index in [0.29, 0.717) is 23.0 Å². The van der Waals surface area contributed by atoms with E-state index >= 15 is 0 Å². The number of para-hydroxylation sites is 5. The SMILES string of the molecule is Oc1c(/C=N/Nc2nc3ccccc3[nH]2)cccc1/C=N/Nc1nc2ccccc2[nH]1. The van der Waals surface area contributed by atoms with Crippen LogP contribution in [0.2, 0.25) is 0 Å². The van der Waals surface area contributed by atoms with Gasteiger partial charge in [-0.05, 0) is 36.4 Å². The number of imidazole rings is 2. The Hall–Kier alpha value is -4.66. The van der Waals surface area contributed by atoms with E-state index in [2.05, 4.69) is 41.0 Å². The van der Waals surface area contributed by atoms with Crippen molar-refractivity contribution in [2.45, 2.75) is 0 Å². The molecule has 2 aromatic heterocycles. The Balaban J connectivity index is 1.27. The van der Waals surface area contributed by atoms with Crippen molar-refractivity contribution < 1.29 is 5.11 Å². The number of hydrogen-bond acceptors (Lipinski definition) is 7. The highest BCUT2D eigenvalue weighted by Gasteiger charge is 2.05. The first-order valence-corrected chi connectivity index (χ1v) is 9.56. The topological polar surface area (TPSA) is 126 Å². The lowest BCUT2D eigenvalue weighted by molar-refractivity contribution is 0.473. The fourth-order valence-electron chi connectivity index (χ4n) is 3.13. The number of nitrogens with zero attached hydrogens (tertiary/aromatic N) is 4. The van der Waals surface area contributed by atoms with E-state index in [9.17, 15) is 5.11 Å². The van der Waals surface area contributed by atoms with Crippen molar-refractivity contribution in [1.29, 1.82) is 0 Å². The second-order valence-electron chi connectivity index (χ2n) is 6.73. The van der Waals surface area contributed by atoms with Gasteiger partial charge in [-0.2, -0.15) is 10.2 Å². The number of phenolic OH excluding ortho intramolecular Hbond substituents is 1. The minimum Gasteiger partial charge on any atom is -0.507 e. The Morgan fingerprint density at radius 1 is 0.677 bits per heavy atom. The predicted molar refractivity (Wildman–Crippen MR) is 123 cm³/mol. The lowest BCUT2D eigenvalue weighted by atomic mass is 10.1. The average Bonchev–Trinajstić information content (AvgIpc) is 3.39. The third-order valence-corrected chi connectivity index (χ3v) is 4.63. The fourth-order valence-corrected chi connectivity index (χ4v) is 3.13. The van der Waals surface area contributed by atoms with E-state index in [1.165, 1.54) is 12.4 Å². The summed E-state index contributed by atoms with van der Waals surface area (Å²) in [5, 5.41) is 18.8. The summed E-state index contributed by atoms with van der Waals surface area (Å²) in [6, 6.07) is 20.7. The number of fused-ring (bicyclic) bond motifs is 2. The number of nitrogens with one attached hydrogen (secondary N) is 4. The Bertz CT molecular complexity index is 1250. The molecular formula is C22H18N8O. The van der Waals surface area contributed by atoms with E-state index in [1.54, 1.807) is 12.1 Å². The second-order valence-corrected chi connectivity index (χ2v) is 6.73. The zero-order chi connectivity index (χ0) is 21.0. The molecule has 0 amide bonds. The molecule has 9 heteroatoms. The lowest BCUT2D eigenvalue weighted by Crippen LogP contribution is -1.96. The van der Waals surface area contributed by atoms with Gasteiger partial charge >= 0.3 is 0 Å². The molecule has 0 bridgehead atoms. The standard InChI is InChI=1S/C22H18N8O/c31-20-14(12-23-29-21-25-16-8-1-2-9-17(16)26-21)6-5-7-15(20)13-24-30-22-27-18-10-3-4-11-19(18)28-22/h1-13,31H,(H2,25,26,29)(H2,27,28,30)/b23-12+,24-13+. The third-order valence-electron chi connectivity index (χ3n) is 4.63. The van der Waals surface area contributed by atoms with E-state index < -0.39 is 0 Å². The molecule has 0 saturated heterocycles. The van der Waals surface area contributed by atoms with Gasteiger partial charge in [-0.3, -0.25) is 0 Å². The summed E-state index contributed by atoms with van der Waals surface area (Å²) in [7, 11) is 0. The molecule has 5 rings (SSSR count). The number of anilines is 2. The van der Waals surface area contributed by atoms with Gasteiger partial charge in [0.15, 0.2) is 0 Å². The van der Waals surface area contributed by atoms with Crippen LogP contribution in [0, 0.1) is 0 Å². The van der Waals surface area contributed by atoms with Crippen LogP contribution in [0.4, 0.5) is 11.9 Å². The van der Waals surface area contributed by atoms with Gasteiger partial charge in [-0.25, -0.2) is 20.8 Å². The molecule has 0 radical (unpaired) electrons. The molecule has 152 valence electrons. The Labute approximate surface area is 176 Å². The molecule has 0 aliphatic carbocycles. The Kier molecular flexibility index (Phi) is 4.74. The molecule has 0 saturated carbocycles. The zero-order valence-electron chi connectivity index (χ0n) is 16.2. The van der Waals surface area contributed by atoms with Crippen molar-refractivity contribution in [2.24, 2.45) is 10.2 Å². The van der Waals surface area contributed by atoms with Gasteiger partial charge < -0.3 is 15.1 Å². The van der Waals surface area contributed by atoms with Crippen molar-refractivity contribution >= 4 is 46.4 Å². The van der Waals surface area contributed by atoms with E-state index in [1.807, 2.05) is 54.6 Å². The molecule has 9 nitrogen and oxygen atoms in total. The molecule has 0 spiro atoms. The number of phenols is 1. The predicted octanol–water partition coefficient (Wildman–Crippen LogP) is 4.04. The van der Waals surface area contributed by atoms with Crippen LogP contribution in [-0.2, 0) is 0 Å². The summed E-state index contributed by atoms with van der Waals surface area (Å²) in [5.74, 6) is 1.10. The van der Waals surface area contributed by atoms with Crippen LogP contribution in [0.15, 0.2) is 76.9 Å². The molecule has 0 unspecified atom stereocenters. The zero-order valence-corrected chi connectivity index (χ0v) is 16.2. The largest absolute Gasteiger partial charge is 0.507 e. The number of rotatable bonds is 6. The number of H-pyrrole nitrogens is 2. The van der Waals surface area contributed by atoms with Crippen molar-refractivity contribution in [3.05, 3.63) is 77.9 Å². The molecular weight excluding hydrogens is 392 g/mol. The van der Waals surface area contributed by atoms with Crippen LogP contribution in [0.25, 0.3) is 22.1 Å². The van der Waals surface area contributed by atoms with Gasteiger partial charge in [0.2, 0.25) is 11.9 Å². The van der Waals surface area contributed by atoms with Crippen LogP contribution in [-0.4, -0.2) is 37.5 Å².